The van der Waals surface area contributed by atoms with E-state index in [-0.39, 0.29) is 11.3 Å². The van der Waals surface area contributed by atoms with Crippen molar-refractivity contribution in [1.29, 1.82) is 0 Å². The largest absolute Gasteiger partial charge is 0.472 e. The Morgan fingerprint density at radius 2 is 1.31 bits per heavy atom. The van der Waals surface area contributed by atoms with Gasteiger partial charge in [-0.1, -0.05) is 6.07 Å². The highest BCUT2D eigenvalue weighted by Gasteiger charge is 2.35. The number of rotatable bonds is 13. The van der Waals surface area contributed by atoms with Gasteiger partial charge in [0.2, 0.25) is 0 Å². The van der Waals surface area contributed by atoms with Crippen LogP contribution in [0.4, 0.5) is 28.0 Å². The molecular formula is C27H27F4N3O12P2. The monoisotopic (exact) mass is 723 g/mol. The summed E-state index contributed by atoms with van der Waals surface area (Å²) in [6, 6.07) is 5.80. The van der Waals surface area contributed by atoms with Gasteiger partial charge in [-0.2, -0.15) is 0 Å². The zero-order valence-corrected chi connectivity index (χ0v) is 26.6. The smallest absolute Gasteiger partial charge is 0.467 e. The Morgan fingerprint density at radius 1 is 0.833 bits per heavy atom. The lowest BCUT2D eigenvalue weighted by atomic mass is 9.98. The molecule has 5 N–H and O–H groups in total. The highest BCUT2D eigenvalue weighted by molar-refractivity contribution is 7.46. The number of amides is 3. The first kappa shape index (κ1) is 36.8. The van der Waals surface area contributed by atoms with Crippen LogP contribution in [0.3, 0.4) is 0 Å². The molecular weight excluding hydrogens is 696 g/mol. The van der Waals surface area contributed by atoms with Gasteiger partial charge in [-0.05, 0) is 24.6 Å². The Kier molecular flexibility index (Phi) is 11.2. The molecule has 4 rings (SSSR count). The Labute approximate surface area is 269 Å². The van der Waals surface area contributed by atoms with Crippen molar-refractivity contribution < 1.29 is 74.4 Å². The molecule has 3 amide bonds. The maximum absolute atomic E-state index is 15.0. The summed E-state index contributed by atoms with van der Waals surface area (Å²) < 4.78 is 98.5. The van der Waals surface area contributed by atoms with E-state index in [1.807, 2.05) is 0 Å². The molecule has 0 aromatic heterocycles. The molecule has 15 nitrogen and oxygen atoms in total. The summed E-state index contributed by atoms with van der Waals surface area (Å²) in [5, 5.41) is 2.34. The van der Waals surface area contributed by atoms with Gasteiger partial charge in [-0.25, -0.2) is 40.5 Å². The fourth-order valence-corrected chi connectivity index (χ4v) is 4.87. The van der Waals surface area contributed by atoms with Crippen LogP contribution >= 0.6 is 15.6 Å². The molecule has 260 valence electrons. The maximum atomic E-state index is 15.0. The SMILES string of the molecule is C[C@H]1c2ccc(C(=O)NCc3c(F)cc(OCOP(=O)(O)O)cc3F)cc2N(Cc2c(F)cc(OCOP(=O)(O)O)cc2F)C(=O)N1C. The van der Waals surface area contributed by atoms with E-state index in [1.165, 1.54) is 30.1 Å². The van der Waals surface area contributed by atoms with Gasteiger partial charge in [0.1, 0.15) is 34.8 Å². The summed E-state index contributed by atoms with van der Waals surface area (Å²) in [6.45, 7) is -1.64. The van der Waals surface area contributed by atoms with Crippen molar-refractivity contribution in [3.63, 3.8) is 0 Å². The molecule has 0 spiro atoms. The molecule has 0 saturated carbocycles. The average molecular weight is 723 g/mol. The Balaban J connectivity index is 1.53. The quantitative estimate of drug-likeness (QED) is 0.0957. The number of fused-ring (bicyclic) bond motifs is 1. The first-order valence-electron chi connectivity index (χ1n) is 13.4. The third kappa shape index (κ3) is 9.09. The van der Waals surface area contributed by atoms with Gasteiger partial charge in [-0.15, -0.1) is 0 Å². The second-order valence-electron chi connectivity index (χ2n) is 10.1. The van der Waals surface area contributed by atoms with Gasteiger partial charge >= 0.3 is 21.7 Å². The summed E-state index contributed by atoms with van der Waals surface area (Å²) in [7, 11) is -8.34. The minimum atomic E-state index is -4.91. The molecule has 0 fully saturated rings. The summed E-state index contributed by atoms with van der Waals surface area (Å²) >= 11 is 0. The van der Waals surface area contributed by atoms with Gasteiger partial charge < -0.3 is 39.3 Å². The van der Waals surface area contributed by atoms with Crippen LogP contribution in [-0.2, 0) is 31.3 Å². The van der Waals surface area contributed by atoms with Crippen LogP contribution in [0.2, 0.25) is 0 Å². The highest BCUT2D eigenvalue weighted by atomic mass is 31.2. The standard InChI is InChI=1S/C27H27F4N3O12P2/c1-14-18-4-3-15(26(35)32-10-19-21(28)6-16(7-22(19)29)43-12-45-47(37,38)39)5-25(18)34(27(36)33(14)2)11-20-23(30)8-17(9-24(20)31)44-13-46-48(40,41)42/h3-9,14H,10-13H2,1-2H3,(H,32,35)(H2,37,38,39)(H2,40,41,42)/t14-/m0/s1. The van der Waals surface area contributed by atoms with E-state index in [2.05, 4.69) is 14.4 Å². The predicted octanol–water partition coefficient (Wildman–Crippen LogP) is 4.20. The molecule has 1 aliphatic rings. The zero-order chi connectivity index (χ0) is 35.6. The first-order valence-corrected chi connectivity index (χ1v) is 16.5. The lowest BCUT2D eigenvalue weighted by Crippen LogP contribution is -2.47. The number of benzene rings is 3. The lowest BCUT2D eigenvalue weighted by Gasteiger charge is -2.39. The van der Waals surface area contributed by atoms with Gasteiger partial charge in [0.15, 0.2) is 13.6 Å². The molecule has 48 heavy (non-hydrogen) atoms. The Bertz CT molecular complexity index is 1780. The van der Waals surface area contributed by atoms with Crippen LogP contribution in [-0.4, -0.2) is 57.0 Å². The molecule has 0 bridgehead atoms. The van der Waals surface area contributed by atoms with Crippen LogP contribution in [0.15, 0.2) is 42.5 Å². The van der Waals surface area contributed by atoms with Crippen molar-refractivity contribution in [3.8, 4) is 11.5 Å². The summed E-state index contributed by atoms with van der Waals surface area (Å²) in [4.78, 5) is 63.4. The van der Waals surface area contributed by atoms with E-state index < -0.39 is 106 Å². The number of phosphoric acid groups is 2. The number of phosphoric ester groups is 2. The number of urea groups is 1. The number of hydrogen-bond donors (Lipinski definition) is 5. The molecule has 1 heterocycles. The van der Waals surface area contributed by atoms with E-state index in [0.717, 1.165) is 17.0 Å². The number of anilines is 1. The number of ether oxygens (including phenoxy) is 2. The third-order valence-electron chi connectivity index (χ3n) is 7.01. The van der Waals surface area contributed by atoms with Crippen molar-refractivity contribution in [3.05, 3.63) is 88.0 Å². The van der Waals surface area contributed by atoms with Crippen LogP contribution in [0.25, 0.3) is 0 Å². The van der Waals surface area contributed by atoms with Gasteiger partial charge in [0.25, 0.3) is 5.91 Å². The van der Waals surface area contributed by atoms with Gasteiger partial charge in [-0.3, -0.25) is 9.69 Å². The van der Waals surface area contributed by atoms with Crippen LogP contribution < -0.4 is 19.7 Å². The minimum absolute atomic E-state index is 0.0755. The van der Waals surface area contributed by atoms with Gasteiger partial charge in [0, 0.05) is 54.5 Å². The minimum Gasteiger partial charge on any atom is -0.467 e. The number of nitrogens with zero attached hydrogens (tertiary/aromatic N) is 2. The number of hydrogen-bond acceptors (Lipinski definition) is 8. The Morgan fingerprint density at radius 3 is 1.79 bits per heavy atom. The summed E-state index contributed by atoms with van der Waals surface area (Å²) in [5.74, 6) is -6.38. The highest BCUT2D eigenvalue weighted by Crippen LogP contribution is 2.39. The summed E-state index contributed by atoms with van der Waals surface area (Å²) in [6.07, 6.45) is 0. The number of carbonyl (C=O) groups excluding carboxylic acids is 2. The average Bonchev–Trinajstić information content (AvgIpc) is 2.97. The van der Waals surface area contributed by atoms with E-state index in [0.29, 0.717) is 17.7 Å². The molecule has 3 aromatic rings. The normalized spacial score (nSPS) is 15.0. The molecule has 1 atom stereocenters. The van der Waals surface area contributed by atoms with Crippen molar-refractivity contribution in [2.75, 3.05) is 25.5 Å². The van der Waals surface area contributed by atoms with Crippen molar-refractivity contribution >= 4 is 33.3 Å². The fourth-order valence-electron chi connectivity index (χ4n) is 4.49. The van der Waals surface area contributed by atoms with E-state index in [9.17, 15) is 27.5 Å². The van der Waals surface area contributed by atoms with Crippen LogP contribution in [0.5, 0.6) is 11.5 Å². The van der Waals surface area contributed by atoms with Gasteiger partial charge in [0.05, 0.1) is 18.3 Å². The number of carbonyl (C=O) groups is 2. The molecule has 0 radical (unpaired) electrons. The molecule has 0 unspecified atom stereocenters. The van der Waals surface area contributed by atoms with Crippen LogP contribution in [0.1, 0.15) is 40.0 Å². The molecule has 3 aromatic carbocycles. The van der Waals surface area contributed by atoms with Crippen LogP contribution in [0, 0.1) is 23.3 Å². The topological polar surface area (TPSA) is 205 Å². The maximum Gasteiger partial charge on any atom is 0.472 e. The molecule has 0 aliphatic carbocycles. The fraction of sp³-hybridized carbons (Fsp3) is 0.259. The van der Waals surface area contributed by atoms with E-state index in [4.69, 9.17) is 29.0 Å². The lowest BCUT2D eigenvalue weighted by molar-refractivity contribution is 0.0811. The second-order valence-corrected chi connectivity index (χ2v) is 12.6. The number of nitrogens with one attached hydrogen (secondary N) is 1. The van der Waals surface area contributed by atoms with Crippen molar-refractivity contribution in [2.24, 2.45) is 0 Å². The first-order chi connectivity index (χ1) is 22.3. The predicted molar refractivity (Wildman–Crippen MR) is 155 cm³/mol. The van der Waals surface area contributed by atoms with E-state index >= 15 is 8.78 Å². The molecule has 1 aliphatic heterocycles. The number of halogens is 4. The second kappa shape index (κ2) is 14.6. The Hall–Kier alpha value is -4.06. The molecule has 21 heteroatoms. The third-order valence-corrected chi connectivity index (χ3v) is 7.89. The van der Waals surface area contributed by atoms with Crippen molar-refractivity contribution in [2.45, 2.75) is 26.1 Å². The van der Waals surface area contributed by atoms with E-state index in [1.54, 1.807) is 6.92 Å². The summed E-state index contributed by atoms with van der Waals surface area (Å²) in [5.41, 5.74) is -0.623. The van der Waals surface area contributed by atoms with Crippen molar-refractivity contribution in [1.82, 2.24) is 10.2 Å². The zero-order valence-electron chi connectivity index (χ0n) is 24.8. The molecule has 0 saturated heterocycles.